The zero-order valence-corrected chi connectivity index (χ0v) is 19.2. The summed E-state index contributed by atoms with van der Waals surface area (Å²) in [6.07, 6.45) is 4.79. The Kier molecular flexibility index (Phi) is 6.19. The van der Waals surface area contributed by atoms with Gasteiger partial charge in [-0.05, 0) is 23.3 Å². The third-order valence-electron chi connectivity index (χ3n) is 6.38. The number of hydrogen-bond donors (Lipinski definition) is 2. The number of ether oxygens (including phenoxy) is 1. The highest BCUT2D eigenvalue weighted by atomic mass is 16.5. The molecule has 2 aromatic carbocycles. The average molecular weight is 482 g/mol. The molecular formula is C27H22N4O5. The monoisotopic (exact) mass is 482 g/mol. The van der Waals surface area contributed by atoms with Crippen molar-refractivity contribution in [3.05, 3.63) is 77.7 Å². The number of amides is 3. The van der Waals surface area contributed by atoms with Crippen molar-refractivity contribution in [3.8, 4) is 28.8 Å². The molecule has 9 heteroatoms. The van der Waals surface area contributed by atoms with Crippen molar-refractivity contribution in [2.75, 3.05) is 19.8 Å². The van der Waals surface area contributed by atoms with Crippen molar-refractivity contribution in [1.29, 1.82) is 0 Å². The molecule has 1 atom stereocenters. The third-order valence-corrected chi connectivity index (χ3v) is 6.38. The van der Waals surface area contributed by atoms with Crippen molar-refractivity contribution in [2.45, 2.75) is 18.4 Å². The van der Waals surface area contributed by atoms with Crippen LogP contribution in [-0.4, -0.2) is 57.5 Å². The van der Waals surface area contributed by atoms with Crippen LogP contribution in [0.25, 0.3) is 11.3 Å². The fourth-order valence-electron chi connectivity index (χ4n) is 4.62. The van der Waals surface area contributed by atoms with Crippen LogP contribution < -0.4 is 10.1 Å². The summed E-state index contributed by atoms with van der Waals surface area (Å²) >= 11 is 0. The molecule has 1 saturated heterocycles. The molecule has 0 spiro atoms. The van der Waals surface area contributed by atoms with Crippen LogP contribution in [0.3, 0.4) is 0 Å². The first-order valence-electron chi connectivity index (χ1n) is 11.3. The minimum Gasteiger partial charge on any atom is -0.481 e. The van der Waals surface area contributed by atoms with Crippen LogP contribution in [0.1, 0.15) is 27.9 Å². The van der Waals surface area contributed by atoms with Gasteiger partial charge in [-0.15, -0.1) is 0 Å². The van der Waals surface area contributed by atoms with E-state index in [4.69, 9.17) is 9.84 Å². The van der Waals surface area contributed by atoms with Crippen molar-refractivity contribution in [3.63, 3.8) is 0 Å². The molecule has 36 heavy (non-hydrogen) atoms. The minimum atomic E-state index is -1.20. The van der Waals surface area contributed by atoms with Crippen molar-refractivity contribution < 1.29 is 24.2 Å². The highest BCUT2D eigenvalue weighted by Crippen LogP contribution is 2.37. The van der Waals surface area contributed by atoms with Gasteiger partial charge < -0.3 is 14.7 Å². The van der Waals surface area contributed by atoms with E-state index in [0.717, 1.165) is 11.1 Å². The Morgan fingerprint density at radius 1 is 1.08 bits per heavy atom. The predicted molar refractivity (Wildman–Crippen MR) is 128 cm³/mol. The molecule has 3 amide bonds. The van der Waals surface area contributed by atoms with Gasteiger partial charge in [-0.1, -0.05) is 42.2 Å². The van der Waals surface area contributed by atoms with Gasteiger partial charge in [-0.3, -0.25) is 29.7 Å². The molecule has 1 aromatic heterocycles. The molecule has 0 unspecified atom stereocenters. The second kappa shape index (κ2) is 9.60. The van der Waals surface area contributed by atoms with E-state index in [1.165, 1.54) is 0 Å². The number of benzene rings is 2. The van der Waals surface area contributed by atoms with Crippen LogP contribution in [0.4, 0.5) is 0 Å². The number of hydrogen-bond acceptors (Lipinski definition) is 7. The molecule has 2 aliphatic heterocycles. The van der Waals surface area contributed by atoms with Gasteiger partial charge in [0.05, 0.1) is 11.9 Å². The summed E-state index contributed by atoms with van der Waals surface area (Å²) in [6.45, 7) is 0.218. The SMILES string of the molecule is O=C1C[C@](CN2Cc3ccc(OCC#CCO)cc3C2=O)(c2ccc(-c3cnccn3)cc2)C(=O)N1. The Labute approximate surface area is 207 Å². The summed E-state index contributed by atoms with van der Waals surface area (Å²) in [6, 6.07) is 12.5. The molecule has 1 fully saturated rings. The van der Waals surface area contributed by atoms with E-state index in [1.807, 2.05) is 18.2 Å². The van der Waals surface area contributed by atoms with E-state index in [9.17, 15) is 14.4 Å². The lowest BCUT2D eigenvalue weighted by Crippen LogP contribution is -2.46. The first-order valence-corrected chi connectivity index (χ1v) is 11.3. The zero-order valence-electron chi connectivity index (χ0n) is 19.2. The molecule has 5 rings (SSSR count). The van der Waals surface area contributed by atoms with E-state index in [-0.39, 0.29) is 38.0 Å². The maximum Gasteiger partial charge on any atom is 0.254 e. The van der Waals surface area contributed by atoms with E-state index in [1.54, 1.807) is 47.8 Å². The smallest absolute Gasteiger partial charge is 0.254 e. The Hall–Kier alpha value is -4.55. The number of nitrogens with zero attached hydrogens (tertiary/aromatic N) is 3. The molecule has 0 aliphatic carbocycles. The third kappa shape index (κ3) is 4.30. The van der Waals surface area contributed by atoms with Crippen LogP contribution in [0.15, 0.2) is 61.1 Å². The quantitative estimate of drug-likeness (QED) is 0.403. The summed E-state index contributed by atoms with van der Waals surface area (Å²) in [5.41, 5.74) is 2.26. The first kappa shape index (κ1) is 23.2. The molecular weight excluding hydrogens is 460 g/mol. The van der Waals surface area contributed by atoms with Crippen molar-refractivity contribution >= 4 is 17.7 Å². The van der Waals surface area contributed by atoms with E-state index in [2.05, 4.69) is 27.1 Å². The summed E-state index contributed by atoms with van der Waals surface area (Å²) in [5, 5.41) is 11.2. The fourth-order valence-corrected chi connectivity index (χ4v) is 4.62. The summed E-state index contributed by atoms with van der Waals surface area (Å²) < 4.78 is 5.54. The standard InChI is InChI=1S/C27H22N4O5/c32-11-1-2-12-36-21-8-5-19-16-31(25(34)22(19)13-21)17-27(14-24(33)30-26(27)35)20-6-3-18(4-7-20)23-15-28-9-10-29-23/h3-10,13,15,32H,11-12,14,16-17H2,(H,30,33,35)/t27-/m0/s1. The van der Waals surface area contributed by atoms with Crippen LogP contribution >= 0.6 is 0 Å². The number of carbonyl (C=O) groups excluding carboxylic acids is 3. The van der Waals surface area contributed by atoms with Crippen LogP contribution in [0, 0.1) is 11.8 Å². The number of imide groups is 1. The maximum atomic E-state index is 13.3. The van der Waals surface area contributed by atoms with Gasteiger partial charge in [0.15, 0.2) is 0 Å². The Balaban J connectivity index is 1.40. The van der Waals surface area contributed by atoms with Gasteiger partial charge in [0.25, 0.3) is 5.91 Å². The lowest BCUT2D eigenvalue weighted by molar-refractivity contribution is -0.126. The maximum absolute atomic E-state index is 13.3. The topological polar surface area (TPSA) is 122 Å². The lowest BCUT2D eigenvalue weighted by atomic mass is 9.78. The Morgan fingerprint density at radius 3 is 2.61 bits per heavy atom. The number of aromatic nitrogens is 2. The van der Waals surface area contributed by atoms with Crippen molar-refractivity contribution in [1.82, 2.24) is 20.2 Å². The summed E-state index contributed by atoms with van der Waals surface area (Å²) in [5.74, 6) is 4.62. The number of aliphatic hydroxyl groups is 1. The second-order valence-electron chi connectivity index (χ2n) is 8.58. The highest BCUT2D eigenvalue weighted by Gasteiger charge is 2.50. The zero-order chi connectivity index (χ0) is 25.1. The number of fused-ring (bicyclic) bond motifs is 1. The molecule has 0 saturated carbocycles. The fraction of sp³-hybridized carbons (Fsp3) is 0.222. The highest BCUT2D eigenvalue weighted by molar-refractivity contribution is 6.10. The number of carbonyl (C=O) groups is 3. The number of nitrogens with one attached hydrogen (secondary N) is 1. The number of aliphatic hydroxyl groups excluding tert-OH is 1. The van der Waals surface area contributed by atoms with Gasteiger partial charge >= 0.3 is 0 Å². The predicted octanol–water partition coefficient (Wildman–Crippen LogP) is 1.46. The van der Waals surface area contributed by atoms with E-state index >= 15 is 0 Å². The molecule has 2 N–H and O–H groups in total. The molecule has 2 aliphatic rings. The van der Waals surface area contributed by atoms with Gasteiger partial charge in [0.2, 0.25) is 11.8 Å². The molecule has 0 radical (unpaired) electrons. The summed E-state index contributed by atoms with van der Waals surface area (Å²) in [7, 11) is 0. The second-order valence-corrected chi connectivity index (χ2v) is 8.58. The largest absolute Gasteiger partial charge is 0.481 e. The molecule has 180 valence electrons. The minimum absolute atomic E-state index is 0.0473. The normalized spacial score (nSPS) is 18.5. The lowest BCUT2D eigenvalue weighted by Gasteiger charge is -2.31. The molecule has 3 aromatic rings. The first-order chi connectivity index (χ1) is 17.5. The van der Waals surface area contributed by atoms with Crippen molar-refractivity contribution in [2.24, 2.45) is 0 Å². The van der Waals surface area contributed by atoms with Crippen LogP contribution in [-0.2, 0) is 21.5 Å². The summed E-state index contributed by atoms with van der Waals surface area (Å²) in [4.78, 5) is 48.7. The van der Waals surface area contributed by atoms with Gasteiger partial charge in [0.1, 0.15) is 24.4 Å². The Bertz CT molecular complexity index is 1400. The van der Waals surface area contributed by atoms with Gasteiger partial charge in [0, 0.05) is 43.0 Å². The van der Waals surface area contributed by atoms with E-state index in [0.29, 0.717) is 29.1 Å². The molecule has 9 nitrogen and oxygen atoms in total. The van der Waals surface area contributed by atoms with Gasteiger partial charge in [-0.25, -0.2) is 0 Å². The average Bonchev–Trinajstić information content (AvgIpc) is 3.37. The van der Waals surface area contributed by atoms with Crippen LogP contribution in [0.2, 0.25) is 0 Å². The molecule has 3 heterocycles. The Morgan fingerprint density at radius 2 is 1.92 bits per heavy atom. The number of rotatable bonds is 6. The van der Waals surface area contributed by atoms with Crippen LogP contribution in [0.5, 0.6) is 5.75 Å². The van der Waals surface area contributed by atoms with E-state index < -0.39 is 11.3 Å². The molecule has 0 bridgehead atoms. The van der Waals surface area contributed by atoms with Gasteiger partial charge in [-0.2, -0.15) is 0 Å².